The van der Waals surface area contributed by atoms with E-state index in [-0.39, 0.29) is 0 Å². The Morgan fingerprint density at radius 3 is 2.44 bits per heavy atom. The number of hydrogen-bond acceptors (Lipinski definition) is 5. The van der Waals surface area contributed by atoms with Gasteiger partial charge in [-0.15, -0.1) is 0 Å². The lowest BCUT2D eigenvalue weighted by molar-refractivity contribution is -0.161. The molecule has 2 N–H and O–H groups in total. The maximum atomic E-state index is 10.2. The molecule has 0 saturated heterocycles. The van der Waals surface area contributed by atoms with E-state index in [4.69, 9.17) is 0 Å². The molecule has 0 radical (unpaired) electrons. The number of carbonyl (C=O) groups excluding carboxylic acids is 2. The van der Waals surface area contributed by atoms with E-state index in [1.807, 2.05) is 0 Å². The van der Waals surface area contributed by atoms with Crippen LogP contribution in [0.5, 0.6) is 0 Å². The zero-order chi connectivity index (χ0) is 7.28. The van der Waals surface area contributed by atoms with Crippen LogP contribution in [0, 0.1) is 0 Å². The summed E-state index contributed by atoms with van der Waals surface area (Å²) in [5.74, 6) is 3.04. The molecular weight excluding hydrogens is 126 g/mol. The third-order valence-corrected chi connectivity index (χ3v) is 0.459. The number of hydrogen-bond donors (Lipinski definition) is 1. The van der Waals surface area contributed by atoms with E-state index in [2.05, 4.69) is 15.5 Å². The zero-order valence-corrected chi connectivity index (χ0v) is 4.92. The second-order valence-electron chi connectivity index (χ2n) is 1.28. The Kier molecular flexibility index (Phi) is 3.57. The van der Waals surface area contributed by atoms with Gasteiger partial charge in [-0.3, -0.25) is 9.63 Å². The summed E-state index contributed by atoms with van der Waals surface area (Å²) in [4.78, 5) is 24.1. The van der Waals surface area contributed by atoms with Crippen LogP contribution in [-0.2, 0) is 19.2 Å². The minimum Gasteiger partial charge on any atom is -0.392 e. The smallest absolute Gasteiger partial charge is 0.341 e. The highest BCUT2D eigenvalue weighted by atomic mass is 16.6. The van der Waals surface area contributed by atoms with Crippen LogP contribution >= 0.6 is 0 Å². The van der Waals surface area contributed by atoms with Gasteiger partial charge < -0.3 is 4.74 Å². The summed E-state index contributed by atoms with van der Waals surface area (Å²) in [6.45, 7) is 0.716. The van der Waals surface area contributed by atoms with Crippen molar-refractivity contribution in [1.29, 1.82) is 0 Å². The van der Waals surface area contributed by atoms with Crippen molar-refractivity contribution in [2.45, 2.75) is 6.92 Å². The molecule has 0 aromatic rings. The van der Waals surface area contributed by atoms with Gasteiger partial charge in [0.05, 0.1) is 0 Å². The first kappa shape index (κ1) is 8.06. The van der Waals surface area contributed by atoms with Gasteiger partial charge in [0.2, 0.25) is 0 Å². The third-order valence-electron chi connectivity index (χ3n) is 0.459. The highest BCUT2D eigenvalue weighted by Gasteiger charge is 2.03. The predicted molar refractivity (Wildman–Crippen MR) is 26.9 cm³/mol. The molecule has 52 valence electrons. The monoisotopic (exact) mass is 133 g/mol. The minimum absolute atomic E-state index is 0.403. The van der Waals surface area contributed by atoms with Gasteiger partial charge in [-0.2, -0.15) is 0 Å². The van der Waals surface area contributed by atoms with Gasteiger partial charge in [0.15, 0.2) is 6.61 Å². The van der Waals surface area contributed by atoms with Gasteiger partial charge in [-0.25, -0.2) is 10.7 Å². The summed E-state index contributed by atoms with van der Waals surface area (Å²) in [7, 11) is 0. The number of rotatable bonds is 2. The molecule has 0 unspecified atom stereocenters. The van der Waals surface area contributed by atoms with Gasteiger partial charge >= 0.3 is 11.9 Å². The van der Waals surface area contributed by atoms with E-state index < -0.39 is 18.5 Å². The normalized spacial score (nSPS) is 8.67. The molecule has 5 nitrogen and oxygen atoms in total. The summed E-state index contributed by atoms with van der Waals surface area (Å²) in [6.07, 6.45) is 0. The number of esters is 2. The van der Waals surface area contributed by atoms with Crippen molar-refractivity contribution in [1.82, 2.24) is 0 Å². The van der Waals surface area contributed by atoms with Gasteiger partial charge in [0, 0.05) is 6.92 Å². The highest BCUT2D eigenvalue weighted by molar-refractivity contribution is 5.84. The lowest BCUT2D eigenvalue weighted by atomic mass is 10.7. The standard InChI is InChI=1S/C4H7NO4/c1-3(6)9-4(7)2-8-5/h2,5H2,1H3. The van der Waals surface area contributed by atoms with Crippen molar-refractivity contribution >= 4 is 11.9 Å². The molecule has 0 aliphatic carbocycles. The average Bonchev–Trinajstić information content (AvgIpc) is 1.63. The summed E-state index contributed by atoms with van der Waals surface area (Å²) in [6, 6.07) is 0. The first-order valence-electron chi connectivity index (χ1n) is 2.19. The van der Waals surface area contributed by atoms with Crippen LogP contribution in [0.3, 0.4) is 0 Å². The van der Waals surface area contributed by atoms with Crippen LogP contribution in [-0.4, -0.2) is 18.5 Å². The van der Waals surface area contributed by atoms with Crippen LogP contribution in [0.1, 0.15) is 6.92 Å². The lowest BCUT2D eigenvalue weighted by Gasteiger charge is -1.95. The van der Waals surface area contributed by atoms with Crippen LogP contribution < -0.4 is 5.90 Å². The fraction of sp³-hybridized carbons (Fsp3) is 0.500. The van der Waals surface area contributed by atoms with E-state index in [1.54, 1.807) is 0 Å². The summed E-state index contributed by atoms with van der Waals surface area (Å²) in [5.41, 5.74) is 0. The number of nitrogens with two attached hydrogens (primary N) is 1. The van der Waals surface area contributed by atoms with Crippen LogP contribution in [0.25, 0.3) is 0 Å². The van der Waals surface area contributed by atoms with Gasteiger partial charge in [0.25, 0.3) is 0 Å². The van der Waals surface area contributed by atoms with Crippen molar-refractivity contribution in [3.05, 3.63) is 0 Å². The van der Waals surface area contributed by atoms with Crippen molar-refractivity contribution in [3.63, 3.8) is 0 Å². The van der Waals surface area contributed by atoms with Crippen LogP contribution in [0.4, 0.5) is 0 Å². The second-order valence-corrected chi connectivity index (χ2v) is 1.28. The van der Waals surface area contributed by atoms with E-state index in [1.165, 1.54) is 0 Å². The van der Waals surface area contributed by atoms with E-state index in [0.717, 1.165) is 6.92 Å². The van der Waals surface area contributed by atoms with Gasteiger partial charge in [0.1, 0.15) is 0 Å². The SMILES string of the molecule is CC(=O)OC(=O)CON. The fourth-order valence-corrected chi connectivity index (χ4v) is 0.258. The van der Waals surface area contributed by atoms with E-state index >= 15 is 0 Å². The highest BCUT2D eigenvalue weighted by Crippen LogP contribution is 1.77. The van der Waals surface area contributed by atoms with Crippen molar-refractivity contribution in [3.8, 4) is 0 Å². The topological polar surface area (TPSA) is 78.6 Å². The molecule has 0 spiro atoms. The van der Waals surface area contributed by atoms with Crippen LogP contribution in [0.15, 0.2) is 0 Å². The van der Waals surface area contributed by atoms with Crippen molar-refractivity contribution < 1.29 is 19.2 Å². The molecule has 0 aliphatic heterocycles. The molecule has 0 amide bonds. The molecule has 0 aliphatic rings. The molecule has 9 heavy (non-hydrogen) atoms. The van der Waals surface area contributed by atoms with Gasteiger partial charge in [-0.05, 0) is 0 Å². The molecule has 0 rings (SSSR count). The first-order chi connectivity index (χ1) is 4.16. The van der Waals surface area contributed by atoms with Crippen LogP contribution in [0.2, 0.25) is 0 Å². The zero-order valence-electron chi connectivity index (χ0n) is 4.92. The summed E-state index contributed by atoms with van der Waals surface area (Å²) >= 11 is 0. The molecule has 5 heteroatoms. The molecule has 0 saturated carbocycles. The molecule has 0 fully saturated rings. The lowest BCUT2D eigenvalue weighted by Crippen LogP contribution is -2.17. The Morgan fingerprint density at radius 1 is 1.56 bits per heavy atom. The average molecular weight is 133 g/mol. The fourth-order valence-electron chi connectivity index (χ4n) is 0.258. The third kappa shape index (κ3) is 4.92. The quantitative estimate of drug-likeness (QED) is 0.296. The van der Waals surface area contributed by atoms with Crippen molar-refractivity contribution in [2.24, 2.45) is 5.90 Å². The Labute approximate surface area is 51.7 Å². The Balaban J connectivity index is 3.39. The Bertz CT molecular complexity index is 122. The van der Waals surface area contributed by atoms with E-state index in [0.29, 0.717) is 0 Å². The summed E-state index contributed by atoms with van der Waals surface area (Å²) in [5, 5.41) is 0. The Morgan fingerprint density at radius 2 is 2.11 bits per heavy atom. The molecule has 0 heterocycles. The largest absolute Gasteiger partial charge is 0.392 e. The maximum Gasteiger partial charge on any atom is 0.341 e. The molecule has 0 aromatic carbocycles. The minimum atomic E-state index is -0.787. The van der Waals surface area contributed by atoms with Gasteiger partial charge in [-0.1, -0.05) is 0 Å². The second kappa shape index (κ2) is 3.99. The predicted octanol–water partition coefficient (Wildman–Crippen LogP) is -1.03. The van der Waals surface area contributed by atoms with Crippen molar-refractivity contribution in [2.75, 3.05) is 6.61 Å². The maximum absolute atomic E-state index is 10.2. The first-order valence-corrected chi connectivity index (χ1v) is 2.19. The molecule has 0 aromatic heterocycles. The number of ether oxygens (including phenoxy) is 1. The van der Waals surface area contributed by atoms with E-state index in [9.17, 15) is 9.59 Å². The molecular formula is C4H7NO4. The number of carbonyl (C=O) groups is 2. The molecule has 0 bridgehead atoms. The Hall–Kier alpha value is -0.940. The summed E-state index contributed by atoms with van der Waals surface area (Å²) < 4.78 is 4.01. The molecule has 0 atom stereocenters.